The van der Waals surface area contributed by atoms with Crippen LogP contribution in [-0.4, -0.2) is 12.6 Å². The molecule has 96 valence electrons. The molecule has 18 heavy (non-hydrogen) atoms. The Morgan fingerprint density at radius 1 is 1.33 bits per heavy atom. The maximum absolute atomic E-state index is 9.07. The van der Waals surface area contributed by atoms with Gasteiger partial charge in [-0.3, -0.25) is 0 Å². The van der Waals surface area contributed by atoms with Gasteiger partial charge in [0, 0.05) is 22.7 Å². The van der Waals surface area contributed by atoms with E-state index in [4.69, 9.17) is 5.26 Å². The van der Waals surface area contributed by atoms with Crippen molar-refractivity contribution in [3.8, 4) is 6.07 Å². The number of benzene rings is 1. The highest BCUT2D eigenvalue weighted by molar-refractivity contribution is 9.10. The number of nitriles is 1. The third kappa shape index (κ3) is 3.05. The molecule has 1 fully saturated rings. The van der Waals surface area contributed by atoms with Gasteiger partial charge in [-0.2, -0.15) is 5.26 Å². The molecule has 0 radical (unpaired) electrons. The fraction of sp³-hybridized carbons (Fsp3) is 0.533. The van der Waals surface area contributed by atoms with E-state index in [0.29, 0.717) is 6.04 Å². The Balaban J connectivity index is 2.32. The third-order valence-electron chi connectivity index (χ3n) is 3.69. The Bertz CT molecular complexity index is 450. The van der Waals surface area contributed by atoms with Crippen LogP contribution in [0.5, 0.6) is 0 Å². The van der Waals surface area contributed by atoms with Crippen LogP contribution in [0.25, 0.3) is 0 Å². The lowest BCUT2D eigenvalue weighted by Crippen LogP contribution is -2.34. The largest absolute Gasteiger partial charge is 0.368 e. The zero-order valence-electron chi connectivity index (χ0n) is 10.8. The van der Waals surface area contributed by atoms with Crippen LogP contribution in [0.4, 0.5) is 5.69 Å². The van der Waals surface area contributed by atoms with Gasteiger partial charge in [0.15, 0.2) is 0 Å². The topological polar surface area (TPSA) is 27.0 Å². The third-order valence-corrected chi connectivity index (χ3v) is 4.15. The molecule has 1 atom stereocenters. The van der Waals surface area contributed by atoms with Crippen LogP contribution in [0.15, 0.2) is 22.7 Å². The molecule has 1 aliphatic rings. The van der Waals surface area contributed by atoms with Crippen LogP contribution in [-0.2, 0) is 0 Å². The number of hydrogen-bond donors (Lipinski definition) is 0. The second-order valence-corrected chi connectivity index (χ2v) is 5.83. The van der Waals surface area contributed by atoms with Gasteiger partial charge in [-0.05, 0) is 37.5 Å². The van der Waals surface area contributed by atoms with Crippen molar-refractivity contribution in [1.82, 2.24) is 0 Å². The van der Waals surface area contributed by atoms with E-state index in [9.17, 15) is 0 Å². The summed E-state index contributed by atoms with van der Waals surface area (Å²) >= 11 is 3.50. The smallest absolute Gasteiger partial charge is 0.0992 e. The fourth-order valence-corrected chi connectivity index (χ4v) is 3.23. The van der Waals surface area contributed by atoms with Gasteiger partial charge in [0.05, 0.1) is 11.6 Å². The van der Waals surface area contributed by atoms with Gasteiger partial charge >= 0.3 is 0 Å². The van der Waals surface area contributed by atoms with E-state index in [0.717, 1.165) is 16.6 Å². The molecule has 0 amide bonds. The molecule has 0 aliphatic carbocycles. The van der Waals surface area contributed by atoms with Crippen molar-refractivity contribution in [3.05, 3.63) is 28.2 Å². The van der Waals surface area contributed by atoms with Gasteiger partial charge in [-0.1, -0.05) is 35.7 Å². The van der Waals surface area contributed by atoms with Gasteiger partial charge in [-0.15, -0.1) is 0 Å². The van der Waals surface area contributed by atoms with E-state index in [1.54, 1.807) is 0 Å². The first-order valence-electron chi connectivity index (χ1n) is 6.72. The summed E-state index contributed by atoms with van der Waals surface area (Å²) in [5, 5.41) is 9.07. The average molecular weight is 307 g/mol. The minimum Gasteiger partial charge on any atom is -0.368 e. The Labute approximate surface area is 118 Å². The van der Waals surface area contributed by atoms with Crippen LogP contribution in [0, 0.1) is 11.3 Å². The molecule has 2 nitrogen and oxygen atoms in total. The predicted molar refractivity (Wildman–Crippen MR) is 78.8 cm³/mol. The monoisotopic (exact) mass is 306 g/mol. The van der Waals surface area contributed by atoms with Crippen molar-refractivity contribution in [2.24, 2.45) is 0 Å². The summed E-state index contributed by atoms with van der Waals surface area (Å²) in [5.41, 5.74) is 1.92. The zero-order valence-corrected chi connectivity index (χ0v) is 12.4. The average Bonchev–Trinajstić information content (AvgIpc) is 2.62. The van der Waals surface area contributed by atoms with E-state index in [1.807, 2.05) is 12.1 Å². The summed E-state index contributed by atoms with van der Waals surface area (Å²) < 4.78 is 0.996. The van der Waals surface area contributed by atoms with Crippen LogP contribution in [0.2, 0.25) is 0 Å². The molecule has 2 rings (SSSR count). The summed E-state index contributed by atoms with van der Waals surface area (Å²) in [6, 6.07) is 8.88. The Kier molecular flexibility index (Phi) is 4.66. The molecule has 0 spiro atoms. The zero-order chi connectivity index (χ0) is 13.0. The Hall–Kier alpha value is -1.01. The summed E-state index contributed by atoms with van der Waals surface area (Å²) in [6.45, 7) is 3.37. The highest BCUT2D eigenvalue weighted by Crippen LogP contribution is 2.29. The van der Waals surface area contributed by atoms with Crippen molar-refractivity contribution in [2.75, 3.05) is 11.4 Å². The van der Waals surface area contributed by atoms with Gasteiger partial charge in [0.25, 0.3) is 0 Å². The van der Waals surface area contributed by atoms with Gasteiger partial charge in [-0.25, -0.2) is 0 Å². The Morgan fingerprint density at radius 2 is 2.17 bits per heavy atom. The normalized spacial score (nSPS) is 20.3. The first-order chi connectivity index (χ1) is 8.74. The quantitative estimate of drug-likeness (QED) is 0.805. The summed E-state index contributed by atoms with van der Waals surface area (Å²) in [5.74, 6) is 0. The van der Waals surface area contributed by atoms with E-state index in [1.165, 1.54) is 37.8 Å². The fourth-order valence-electron chi connectivity index (χ4n) is 2.75. The lowest BCUT2D eigenvalue weighted by atomic mass is 10.1. The molecule has 0 saturated carbocycles. The van der Waals surface area contributed by atoms with Crippen molar-refractivity contribution in [2.45, 2.75) is 45.1 Å². The molecule has 1 aromatic rings. The molecule has 0 N–H and O–H groups in total. The summed E-state index contributed by atoms with van der Waals surface area (Å²) in [7, 11) is 0. The standard InChI is InChI=1S/C15H19BrN2/c1-2-14-6-4-3-5-7-18(14)15-9-12(11-17)8-13(16)10-15/h8-10,14H,2-7H2,1H3. The highest BCUT2D eigenvalue weighted by Gasteiger charge is 2.20. The van der Waals surface area contributed by atoms with Gasteiger partial charge < -0.3 is 4.90 Å². The number of rotatable bonds is 2. The SMILES string of the molecule is CCC1CCCCCN1c1cc(Br)cc(C#N)c1. The van der Waals surface area contributed by atoms with Crippen molar-refractivity contribution < 1.29 is 0 Å². The van der Waals surface area contributed by atoms with Crippen molar-refractivity contribution in [3.63, 3.8) is 0 Å². The molecule has 3 heteroatoms. The number of halogens is 1. The first-order valence-corrected chi connectivity index (χ1v) is 7.51. The second kappa shape index (κ2) is 6.24. The molecule has 0 aromatic heterocycles. The maximum atomic E-state index is 9.07. The molecule has 1 unspecified atom stereocenters. The number of nitrogens with zero attached hydrogens (tertiary/aromatic N) is 2. The minimum absolute atomic E-state index is 0.619. The summed E-state index contributed by atoms with van der Waals surface area (Å²) in [6.07, 6.45) is 6.35. The first kappa shape index (κ1) is 13.4. The highest BCUT2D eigenvalue weighted by atomic mass is 79.9. The van der Waals surface area contributed by atoms with Crippen LogP contribution in [0.3, 0.4) is 0 Å². The number of anilines is 1. The minimum atomic E-state index is 0.619. The molecule has 1 aliphatic heterocycles. The molecule has 0 bridgehead atoms. The van der Waals surface area contributed by atoms with Crippen molar-refractivity contribution >= 4 is 21.6 Å². The molecule has 1 saturated heterocycles. The van der Waals surface area contributed by atoms with Gasteiger partial charge in [0.1, 0.15) is 0 Å². The van der Waals surface area contributed by atoms with E-state index in [2.05, 4.69) is 39.9 Å². The van der Waals surface area contributed by atoms with Crippen LogP contribution >= 0.6 is 15.9 Å². The number of hydrogen-bond acceptors (Lipinski definition) is 2. The second-order valence-electron chi connectivity index (χ2n) is 4.91. The molecular weight excluding hydrogens is 288 g/mol. The molecular formula is C15H19BrN2. The van der Waals surface area contributed by atoms with E-state index >= 15 is 0 Å². The lowest BCUT2D eigenvalue weighted by molar-refractivity contribution is 0.556. The summed E-state index contributed by atoms with van der Waals surface area (Å²) in [4.78, 5) is 2.48. The van der Waals surface area contributed by atoms with Crippen molar-refractivity contribution in [1.29, 1.82) is 5.26 Å². The predicted octanol–water partition coefficient (Wildman–Crippen LogP) is 4.48. The van der Waals surface area contributed by atoms with Gasteiger partial charge in [0.2, 0.25) is 0 Å². The van der Waals surface area contributed by atoms with E-state index in [-0.39, 0.29) is 0 Å². The van der Waals surface area contributed by atoms with Crippen LogP contribution in [0.1, 0.15) is 44.6 Å². The Morgan fingerprint density at radius 3 is 2.89 bits per heavy atom. The lowest BCUT2D eigenvalue weighted by Gasteiger charge is -2.31. The van der Waals surface area contributed by atoms with E-state index < -0.39 is 0 Å². The molecule has 1 heterocycles. The van der Waals surface area contributed by atoms with Crippen LogP contribution < -0.4 is 4.90 Å². The maximum Gasteiger partial charge on any atom is 0.0992 e. The molecule has 1 aromatic carbocycles.